The highest BCUT2D eigenvalue weighted by atomic mass is 16.6. The van der Waals surface area contributed by atoms with Gasteiger partial charge in [0.15, 0.2) is 0 Å². The topological polar surface area (TPSA) is 80.0 Å². The zero-order chi connectivity index (χ0) is 14.2. The highest BCUT2D eigenvalue weighted by Crippen LogP contribution is 2.24. The van der Waals surface area contributed by atoms with Crippen molar-refractivity contribution in [3.05, 3.63) is 23.2 Å². The van der Waals surface area contributed by atoms with Crippen molar-refractivity contribution in [2.75, 3.05) is 6.54 Å². The van der Waals surface area contributed by atoms with Gasteiger partial charge in [-0.1, -0.05) is 0 Å². The van der Waals surface area contributed by atoms with Gasteiger partial charge < -0.3 is 19.2 Å². The lowest BCUT2D eigenvalue weighted by molar-refractivity contribution is 0.0218. The van der Waals surface area contributed by atoms with E-state index in [1.165, 1.54) is 6.07 Å². The standard InChI is InChI=1S/C13H17NO5/c1-13(2,3)19-12(17)14-5-4-9-8(7-14)6-10(18-9)11(15)16/h6H,4-5,7H2,1-3H3,(H,15,16). The molecule has 104 valence electrons. The summed E-state index contributed by atoms with van der Waals surface area (Å²) in [4.78, 5) is 24.3. The van der Waals surface area contributed by atoms with Gasteiger partial charge in [-0.3, -0.25) is 0 Å². The van der Waals surface area contributed by atoms with Crippen LogP contribution >= 0.6 is 0 Å². The van der Waals surface area contributed by atoms with E-state index >= 15 is 0 Å². The van der Waals surface area contributed by atoms with Crippen molar-refractivity contribution in [2.45, 2.75) is 39.3 Å². The van der Waals surface area contributed by atoms with Crippen molar-refractivity contribution in [3.63, 3.8) is 0 Å². The molecule has 0 atom stereocenters. The lowest BCUT2D eigenvalue weighted by atomic mass is 10.1. The summed E-state index contributed by atoms with van der Waals surface area (Å²) in [6.07, 6.45) is 0.109. The Morgan fingerprint density at radius 2 is 2.11 bits per heavy atom. The van der Waals surface area contributed by atoms with Crippen LogP contribution in [0.3, 0.4) is 0 Å². The van der Waals surface area contributed by atoms with Gasteiger partial charge in [0.05, 0.1) is 6.54 Å². The molecule has 0 spiro atoms. The van der Waals surface area contributed by atoms with E-state index in [1.807, 2.05) is 0 Å². The molecule has 6 nitrogen and oxygen atoms in total. The molecule has 0 unspecified atom stereocenters. The van der Waals surface area contributed by atoms with Crippen LogP contribution in [0.15, 0.2) is 10.5 Å². The summed E-state index contributed by atoms with van der Waals surface area (Å²) >= 11 is 0. The maximum atomic E-state index is 11.9. The van der Waals surface area contributed by atoms with Gasteiger partial charge in [-0.2, -0.15) is 0 Å². The quantitative estimate of drug-likeness (QED) is 0.844. The third kappa shape index (κ3) is 3.07. The predicted molar refractivity (Wildman–Crippen MR) is 66.0 cm³/mol. The van der Waals surface area contributed by atoms with Crippen molar-refractivity contribution >= 4 is 12.1 Å². The minimum Gasteiger partial charge on any atom is -0.475 e. The van der Waals surface area contributed by atoms with E-state index in [0.717, 1.165) is 5.56 Å². The summed E-state index contributed by atoms with van der Waals surface area (Å²) in [7, 11) is 0. The van der Waals surface area contributed by atoms with Crippen molar-refractivity contribution in [1.29, 1.82) is 0 Å². The molecular formula is C13H17NO5. The molecule has 1 aromatic rings. The molecule has 1 N–H and O–H groups in total. The first kappa shape index (κ1) is 13.5. The molecule has 1 aromatic heterocycles. The Balaban J connectivity index is 2.09. The van der Waals surface area contributed by atoms with E-state index in [0.29, 0.717) is 25.3 Å². The van der Waals surface area contributed by atoms with Gasteiger partial charge in [-0.15, -0.1) is 0 Å². The maximum absolute atomic E-state index is 11.9. The van der Waals surface area contributed by atoms with Crippen molar-refractivity contribution in [3.8, 4) is 0 Å². The molecule has 1 aliphatic heterocycles. The van der Waals surface area contributed by atoms with E-state index in [4.69, 9.17) is 14.3 Å². The number of rotatable bonds is 1. The SMILES string of the molecule is CC(C)(C)OC(=O)N1CCc2oc(C(=O)O)cc2C1. The molecule has 0 radical (unpaired) electrons. The number of hydrogen-bond donors (Lipinski definition) is 1. The average Bonchev–Trinajstić information content (AvgIpc) is 2.69. The molecule has 0 bridgehead atoms. The summed E-state index contributed by atoms with van der Waals surface area (Å²) < 4.78 is 10.5. The zero-order valence-corrected chi connectivity index (χ0v) is 11.2. The molecular weight excluding hydrogens is 250 g/mol. The number of ether oxygens (including phenoxy) is 1. The van der Waals surface area contributed by atoms with E-state index in [2.05, 4.69) is 0 Å². The number of hydrogen-bond acceptors (Lipinski definition) is 4. The molecule has 2 heterocycles. The first-order chi connectivity index (χ1) is 8.76. The lowest BCUT2D eigenvalue weighted by Crippen LogP contribution is -2.39. The van der Waals surface area contributed by atoms with Crippen LogP contribution in [0.4, 0.5) is 4.79 Å². The van der Waals surface area contributed by atoms with Gasteiger partial charge in [0.2, 0.25) is 5.76 Å². The highest BCUT2D eigenvalue weighted by molar-refractivity contribution is 5.84. The number of aromatic carboxylic acids is 1. The van der Waals surface area contributed by atoms with E-state index in [1.54, 1.807) is 25.7 Å². The molecule has 0 saturated heterocycles. The maximum Gasteiger partial charge on any atom is 0.410 e. The number of furan rings is 1. The summed E-state index contributed by atoms with van der Waals surface area (Å²) in [5, 5.41) is 8.86. The summed E-state index contributed by atoms with van der Waals surface area (Å²) in [6.45, 7) is 6.21. The third-order valence-corrected chi connectivity index (χ3v) is 2.73. The Morgan fingerprint density at radius 3 is 2.68 bits per heavy atom. The number of carbonyl (C=O) groups excluding carboxylic acids is 1. The van der Waals surface area contributed by atoms with Gasteiger partial charge in [-0.05, 0) is 26.8 Å². The number of carboxylic acids is 1. The van der Waals surface area contributed by atoms with Crippen LogP contribution < -0.4 is 0 Å². The fourth-order valence-electron chi connectivity index (χ4n) is 1.92. The molecule has 1 aliphatic rings. The number of carbonyl (C=O) groups is 2. The Bertz CT molecular complexity index is 512. The van der Waals surface area contributed by atoms with Crippen LogP contribution in [0.5, 0.6) is 0 Å². The molecule has 2 rings (SSSR count). The second-order valence-corrected chi connectivity index (χ2v) is 5.52. The Labute approximate surface area is 110 Å². The molecule has 19 heavy (non-hydrogen) atoms. The van der Waals surface area contributed by atoms with Gasteiger partial charge in [-0.25, -0.2) is 9.59 Å². The first-order valence-corrected chi connectivity index (χ1v) is 6.09. The minimum absolute atomic E-state index is 0.0870. The Hall–Kier alpha value is -1.98. The Kier molecular flexibility index (Phi) is 3.26. The smallest absolute Gasteiger partial charge is 0.410 e. The van der Waals surface area contributed by atoms with Gasteiger partial charge in [0, 0.05) is 18.5 Å². The normalized spacial score (nSPS) is 15.0. The number of carboxylic acid groups (broad SMARTS) is 1. The number of amides is 1. The predicted octanol–water partition coefficient (Wildman–Crippen LogP) is 2.27. The van der Waals surface area contributed by atoms with Crippen molar-refractivity contribution in [1.82, 2.24) is 4.90 Å². The molecule has 6 heteroatoms. The molecule has 0 aliphatic carbocycles. The Morgan fingerprint density at radius 1 is 1.42 bits per heavy atom. The lowest BCUT2D eigenvalue weighted by Gasteiger charge is -2.29. The van der Waals surface area contributed by atoms with Crippen LogP contribution in [0.25, 0.3) is 0 Å². The minimum atomic E-state index is -1.10. The monoisotopic (exact) mass is 267 g/mol. The van der Waals surface area contributed by atoms with Crippen LogP contribution in [0.1, 0.15) is 42.6 Å². The highest BCUT2D eigenvalue weighted by Gasteiger charge is 2.28. The zero-order valence-electron chi connectivity index (χ0n) is 11.2. The van der Waals surface area contributed by atoms with Crippen LogP contribution in [-0.2, 0) is 17.7 Å². The fraction of sp³-hybridized carbons (Fsp3) is 0.538. The molecule has 0 fully saturated rings. The van der Waals surface area contributed by atoms with Crippen LogP contribution in [-0.4, -0.2) is 34.2 Å². The van der Waals surface area contributed by atoms with E-state index in [9.17, 15) is 9.59 Å². The molecule has 0 saturated carbocycles. The molecule has 1 amide bonds. The van der Waals surface area contributed by atoms with Crippen molar-refractivity contribution < 1.29 is 23.8 Å². The summed E-state index contributed by atoms with van der Waals surface area (Å²) in [5.74, 6) is -0.550. The average molecular weight is 267 g/mol. The van der Waals surface area contributed by atoms with Gasteiger partial charge in [0.25, 0.3) is 0 Å². The van der Waals surface area contributed by atoms with Crippen LogP contribution in [0.2, 0.25) is 0 Å². The van der Waals surface area contributed by atoms with Crippen LogP contribution in [0, 0.1) is 0 Å². The first-order valence-electron chi connectivity index (χ1n) is 6.09. The second-order valence-electron chi connectivity index (χ2n) is 5.52. The number of fused-ring (bicyclic) bond motifs is 1. The van der Waals surface area contributed by atoms with Crippen molar-refractivity contribution in [2.24, 2.45) is 0 Å². The van der Waals surface area contributed by atoms with Gasteiger partial charge in [0.1, 0.15) is 11.4 Å². The van der Waals surface area contributed by atoms with E-state index < -0.39 is 17.7 Å². The van der Waals surface area contributed by atoms with Gasteiger partial charge >= 0.3 is 12.1 Å². The van der Waals surface area contributed by atoms with E-state index in [-0.39, 0.29) is 5.76 Å². The number of nitrogens with zero attached hydrogens (tertiary/aromatic N) is 1. The summed E-state index contributed by atoms with van der Waals surface area (Å²) in [6, 6.07) is 1.47. The largest absolute Gasteiger partial charge is 0.475 e. The second kappa shape index (κ2) is 4.60. The fourth-order valence-corrected chi connectivity index (χ4v) is 1.92. The summed E-state index contributed by atoms with van der Waals surface area (Å²) in [5.41, 5.74) is 0.189. The molecule has 0 aromatic carbocycles. The third-order valence-electron chi connectivity index (χ3n) is 2.73.